The molecular weight excluding hydrogens is 273 g/mol. The van der Waals surface area contributed by atoms with Crippen molar-refractivity contribution in [2.24, 2.45) is 0 Å². The van der Waals surface area contributed by atoms with Crippen LogP contribution in [0.15, 0.2) is 41.2 Å². The van der Waals surface area contributed by atoms with Gasteiger partial charge in [0.05, 0.1) is 5.69 Å². The first kappa shape index (κ1) is 14.9. The summed E-state index contributed by atoms with van der Waals surface area (Å²) in [5.74, 6) is -0.566. The fourth-order valence-corrected chi connectivity index (χ4v) is 1.96. The molecule has 1 heterocycles. The molecule has 0 N–H and O–H groups in total. The molecular formula is C15H16FN3O2. The van der Waals surface area contributed by atoms with Crippen LogP contribution in [0.5, 0.6) is 0 Å². The van der Waals surface area contributed by atoms with Crippen LogP contribution in [0, 0.1) is 5.82 Å². The van der Waals surface area contributed by atoms with Crippen molar-refractivity contribution < 1.29 is 9.18 Å². The van der Waals surface area contributed by atoms with Crippen molar-refractivity contribution in [1.82, 2.24) is 14.7 Å². The van der Waals surface area contributed by atoms with E-state index < -0.39 is 6.04 Å². The van der Waals surface area contributed by atoms with E-state index in [0.717, 1.165) is 4.68 Å². The number of hydrogen-bond donors (Lipinski definition) is 0. The normalized spacial score (nSPS) is 12.0. The highest BCUT2D eigenvalue weighted by atomic mass is 19.1. The SMILES string of the molecule is CC(C(=O)N(C)C)n1nc(-c2ccc(F)cc2)ccc1=O. The maximum absolute atomic E-state index is 12.9. The molecule has 21 heavy (non-hydrogen) atoms. The first-order valence-electron chi connectivity index (χ1n) is 6.47. The zero-order valence-corrected chi connectivity index (χ0v) is 12.1. The summed E-state index contributed by atoms with van der Waals surface area (Å²) < 4.78 is 14.1. The maximum atomic E-state index is 12.9. The third-order valence-electron chi connectivity index (χ3n) is 3.13. The molecule has 5 nitrogen and oxygen atoms in total. The monoisotopic (exact) mass is 289 g/mol. The second-order valence-electron chi connectivity index (χ2n) is 4.92. The summed E-state index contributed by atoms with van der Waals surface area (Å²) in [7, 11) is 3.24. The molecule has 1 amide bonds. The Morgan fingerprint density at radius 1 is 1.19 bits per heavy atom. The van der Waals surface area contributed by atoms with E-state index in [9.17, 15) is 14.0 Å². The predicted octanol–water partition coefficient (Wildman–Crippen LogP) is 1.70. The van der Waals surface area contributed by atoms with Crippen molar-refractivity contribution in [1.29, 1.82) is 0 Å². The highest BCUT2D eigenvalue weighted by Gasteiger charge is 2.19. The quantitative estimate of drug-likeness (QED) is 0.864. The second-order valence-corrected chi connectivity index (χ2v) is 4.92. The highest BCUT2D eigenvalue weighted by molar-refractivity contribution is 5.79. The number of nitrogens with zero attached hydrogens (tertiary/aromatic N) is 3. The number of likely N-dealkylation sites (N-methyl/N-ethyl adjacent to an activating group) is 1. The van der Waals surface area contributed by atoms with Crippen molar-refractivity contribution in [3.05, 3.63) is 52.6 Å². The van der Waals surface area contributed by atoms with Crippen LogP contribution in [0.4, 0.5) is 4.39 Å². The Morgan fingerprint density at radius 3 is 2.38 bits per heavy atom. The van der Waals surface area contributed by atoms with Gasteiger partial charge in [0, 0.05) is 25.7 Å². The zero-order chi connectivity index (χ0) is 15.6. The lowest BCUT2D eigenvalue weighted by molar-refractivity contribution is -0.132. The number of amides is 1. The van der Waals surface area contributed by atoms with Crippen LogP contribution in [-0.2, 0) is 4.79 Å². The van der Waals surface area contributed by atoms with E-state index in [1.54, 1.807) is 39.2 Å². The summed E-state index contributed by atoms with van der Waals surface area (Å²) in [5.41, 5.74) is 0.825. The van der Waals surface area contributed by atoms with E-state index in [-0.39, 0.29) is 17.3 Å². The molecule has 1 atom stereocenters. The Labute approximate surface area is 121 Å². The summed E-state index contributed by atoms with van der Waals surface area (Å²) in [5, 5.41) is 4.21. The number of benzene rings is 1. The fourth-order valence-electron chi connectivity index (χ4n) is 1.96. The molecule has 1 unspecified atom stereocenters. The molecule has 110 valence electrons. The van der Waals surface area contributed by atoms with Gasteiger partial charge in [-0.15, -0.1) is 0 Å². The van der Waals surface area contributed by atoms with Crippen molar-refractivity contribution in [3.63, 3.8) is 0 Å². The van der Waals surface area contributed by atoms with Gasteiger partial charge in [-0.05, 0) is 37.3 Å². The molecule has 0 saturated carbocycles. The first-order valence-corrected chi connectivity index (χ1v) is 6.47. The summed E-state index contributed by atoms with van der Waals surface area (Å²) >= 11 is 0. The number of carbonyl (C=O) groups is 1. The van der Waals surface area contributed by atoms with E-state index in [0.29, 0.717) is 11.3 Å². The van der Waals surface area contributed by atoms with Gasteiger partial charge in [-0.1, -0.05) is 0 Å². The summed E-state index contributed by atoms with van der Waals surface area (Å²) in [6, 6.07) is 8.00. The zero-order valence-electron chi connectivity index (χ0n) is 12.1. The average molecular weight is 289 g/mol. The van der Waals surface area contributed by atoms with E-state index >= 15 is 0 Å². The van der Waals surface area contributed by atoms with Crippen LogP contribution < -0.4 is 5.56 Å². The molecule has 0 spiro atoms. The predicted molar refractivity (Wildman–Crippen MR) is 77.3 cm³/mol. The minimum absolute atomic E-state index is 0.221. The van der Waals surface area contributed by atoms with Gasteiger partial charge >= 0.3 is 0 Å². The summed E-state index contributed by atoms with van der Waals surface area (Å²) in [4.78, 5) is 25.3. The van der Waals surface area contributed by atoms with Gasteiger partial charge in [-0.2, -0.15) is 5.10 Å². The Bertz CT molecular complexity index is 708. The van der Waals surface area contributed by atoms with Gasteiger partial charge < -0.3 is 4.90 Å². The van der Waals surface area contributed by atoms with Gasteiger partial charge in [0.15, 0.2) is 0 Å². The van der Waals surface area contributed by atoms with Crippen molar-refractivity contribution in [2.75, 3.05) is 14.1 Å². The van der Waals surface area contributed by atoms with Crippen LogP contribution in [-0.4, -0.2) is 34.7 Å². The average Bonchev–Trinajstić information content (AvgIpc) is 2.47. The second kappa shape index (κ2) is 5.87. The van der Waals surface area contributed by atoms with Crippen LogP contribution >= 0.6 is 0 Å². The molecule has 2 rings (SSSR count). The summed E-state index contributed by atoms with van der Waals surface area (Å²) in [6.45, 7) is 1.62. The lowest BCUT2D eigenvalue weighted by atomic mass is 10.1. The first-order chi connectivity index (χ1) is 9.90. The molecule has 2 aromatic rings. The van der Waals surface area contributed by atoms with E-state index in [1.807, 2.05) is 0 Å². The number of halogens is 1. The molecule has 0 radical (unpaired) electrons. The fraction of sp³-hybridized carbons (Fsp3) is 0.267. The van der Waals surface area contributed by atoms with Crippen molar-refractivity contribution in [3.8, 4) is 11.3 Å². The summed E-state index contributed by atoms with van der Waals surface area (Å²) in [6.07, 6.45) is 0. The lowest BCUT2D eigenvalue weighted by Crippen LogP contribution is -2.36. The van der Waals surface area contributed by atoms with Gasteiger partial charge in [0.2, 0.25) is 5.91 Å². The number of rotatable bonds is 3. The third-order valence-corrected chi connectivity index (χ3v) is 3.13. The smallest absolute Gasteiger partial charge is 0.267 e. The maximum Gasteiger partial charge on any atom is 0.267 e. The largest absolute Gasteiger partial charge is 0.347 e. The number of carbonyl (C=O) groups excluding carboxylic acids is 1. The lowest BCUT2D eigenvalue weighted by Gasteiger charge is -2.18. The molecule has 0 bridgehead atoms. The third kappa shape index (κ3) is 3.16. The van der Waals surface area contributed by atoms with Gasteiger partial charge in [-0.25, -0.2) is 9.07 Å². The molecule has 0 aliphatic rings. The van der Waals surface area contributed by atoms with Gasteiger partial charge in [0.1, 0.15) is 11.9 Å². The molecule has 1 aromatic heterocycles. The number of aromatic nitrogens is 2. The molecule has 6 heteroatoms. The topological polar surface area (TPSA) is 55.2 Å². The van der Waals surface area contributed by atoms with Crippen LogP contribution in [0.25, 0.3) is 11.3 Å². The number of hydrogen-bond acceptors (Lipinski definition) is 3. The Morgan fingerprint density at radius 2 is 1.81 bits per heavy atom. The highest BCUT2D eigenvalue weighted by Crippen LogP contribution is 2.16. The van der Waals surface area contributed by atoms with E-state index in [2.05, 4.69) is 5.10 Å². The molecule has 0 saturated heterocycles. The van der Waals surface area contributed by atoms with E-state index in [1.165, 1.54) is 23.1 Å². The Balaban J connectivity index is 2.44. The standard InChI is InChI=1S/C15H16FN3O2/c1-10(15(21)18(2)3)19-14(20)9-8-13(17-19)11-4-6-12(16)7-5-11/h4-10H,1-3H3. The van der Waals surface area contributed by atoms with Crippen molar-refractivity contribution in [2.45, 2.75) is 13.0 Å². The van der Waals surface area contributed by atoms with Gasteiger partial charge in [-0.3, -0.25) is 9.59 Å². The van der Waals surface area contributed by atoms with Crippen LogP contribution in [0.2, 0.25) is 0 Å². The molecule has 0 aliphatic heterocycles. The Hall–Kier alpha value is -2.50. The van der Waals surface area contributed by atoms with E-state index in [4.69, 9.17) is 0 Å². The van der Waals surface area contributed by atoms with Crippen molar-refractivity contribution >= 4 is 5.91 Å². The minimum Gasteiger partial charge on any atom is -0.347 e. The molecule has 0 fully saturated rings. The van der Waals surface area contributed by atoms with Crippen LogP contribution in [0.3, 0.4) is 0 Å². The van der Waals surface area contributed by atoms with Crippen LogP contribution in [0.1, 0.15) is 13.0 Å². The van der Waals surface area contributed by atoms with Gasteiger partial charge in [0.25, 0.3) is 5.56 Å². The molecule has 1 aromatic carbocycles. The molecule has 0 aliphatic carbocycles. The minimum atomic E-state index is -0.701. The Kier molecular flexibility index (Phi) is 4.16.